The van der Waals surface area contributed by atoms with Crippen LogP contribution in [0.2, 0.25) is 0 Å². The smallest absolute Gasteiger partial charge is 0.321 e. The number of aromatic amines is 1. The van der Waals surface area contributed by atoms with E-state index in [0.717, 1.165) is 48.6 Å². The van der Waals surface area contributed by atoms with Crippen molar-refractivity contribution in [2.45, 2.75) is 32.1 Å². The molecule has 0 spiro atoms. The molecule has 2 N–H and O–H groups in total. The number of nitrogens with one attached hydrogen (secondary N) is 2. The van der Waals surface area contributed by atoms with Gasteiger partial charge < -0.3 is 10.2 Å². The van der Waals surface area contributed by atoms with Gasteiger partial charge in [0.05, 0.1) is 0 Å². The van der Waals surface area contributed by atoms with Crippen LogP contribution in [0.25, 0.3) is 11.4 Å². The average molecular weight is 377 g/mol. The molecule has 0 aliphatic carbocycles. The second-order valence-corrected chi connectivity index (χ2v) is 6.89. The fourth-order valence-electron chi connectivity index (χ4n) is 3.47. The molecule has 1 fully saturated rings. The summed E-state index contributed by atoms with van der Waals surface area (Å²) in [5.41, 5.74) is 2.59. The standard InChI is InChI=1S/C20H23N7O/c1-2-18-24-19(26-25-18)14-5-3-7-16(11-14)23-20(28)27-10-4-6-15(12-27)17-8-9-21-13-22-17/h3,5,7-9,11,13,15H,2,4,6,10,12H2,1H3,(H,23,28)(H,24,25,26)/t15-/m1/s1. The van der Waals surface area contributed by atoms with E-state index in [1.165, 1.54) is 0 Å². The number of likely N-dealkylation sites (tertiary alicyclic amines) is 1. The van der Waals surface area contributed by atoms with Gasteiger partial charge in [0.2, 0.25) is 0 Å². The summed E-state index contributed by atoms with van der Waals surface area (Å²) >= 11 is 0. The maximum absolute atomic E-state index is 12.8. The van der Waals surface area contributed by atoms with E-state index in [-0.39, 0.29) is 11.9 Å². The molecule has 0 saturated carbocycles. The van der Waals surface area contributed by atoms with Crippen molar-refractivity contribution in [1.29, 1.82) is 0 Å². The number of nitrogens with zero attached hydrogens (tertiary/aromatic N) is 5. The maximum Gasteiger partial charge on any atom is 0.321 e. The summed E-state index contributed by atoms with van der Waals surface area (Å²) in [7, 11) is 0. The van der Waals surface area contributed by atoms with Crippen LogP contribution in [-0.2, 0) is 6.42 Å². The number of amides is 2. The van der Waals surface area contributed by atoms with Crippen molar-refractivity contribution in [1.82, 2.24) is 30.0 Å². The molecule has 2 amide bonds. The number of rotatable bonds is 4. The van der Waals surface area contributed by atoms with Crippen molar-refractivity contribution >= 4 is 11.7 Å². The Kier molecular flexibility index (Phi) is 5.27. The van der Waals surface area contributed by atoms with Gasteiger partial charge in [-0.3, -0.25) is 5.10 Å². The van der Waals surface area contributed by atoms with Gasteiger partial charge in [-0.05, 0) is 31.0 Å². The van der Waals surface area contributed by atoms with Crippen LogP contribution in [0.15, 0.2) is 42.9 Å². The van der Waals surface area contributed by atoms with Crippen LogP contribution in [0.3, 0.4) is 0 Å². The monoisotopic (exact) mass is 377 g/mol. The predicted molar refractivity (Wildman–Crippen MR) is 106 cm³/mol. The number of hydrogen-bond donors (Lipinski definition) is 2. The van der Waals surface area contributed by atoms with Gasteiger partial charge in [-0.1, -0.05) is 19.1 Å². The van der Waals surface area contributed by atoms with E-state index >= 15 is 0 Å². The molecule has 0 bridgehead atoms. The molecular weight excluding hydrogens is 354 g/mol. The SMILES string of the molecule is CCc1nc(-c2cccc(NC(=O)N3CCC[C@@H](c4ccncn4)C3)c2)n[nH]1. The largest absolute Gasteiger partial charge is 0.324 e. The Balaban J connectivity index is 1.44. The van der Waals surface area contributed by atoms with Crippen molar-refractivity contribution in [3.8, 4) is 11.4 Å². The van der Waals surface area contributed by atoms with Crippen LogP contribution in [-0.4, -0.2) is 49.2 Å². The van der Waals surface area contributed by atoms with E-state index < -0.39 is 0 Å². The van der Waals surface area contributed by atoms with Crippen LogP contribution in [0, 0.1) is 0 Å². The quantitative estimate of drug-likeness (QED) is 0.727. The van der Waals surface area contributed by atoms with Gasteiger partial charge >= 0.3 is 6.03 Å². The highest BCUT2D eigenvalue weighted by molar-refractivity contribution is 5.90. The van der Waals surface area contributed by atoms with Gasteiger partial charge in [0.1, 0.15) is 12.2 Å². The highest BCUT2D eigenvalue weighted by Crippen LogP contribution is 2.26. The summed E-state index contributed by atoms with van der Waals surface area (Å²) in [6, 6.07) is 9.43. The Morgan fingerprint density at radius 2 is 2.29 bits per heavy atom. The number of benzene rings is 1. The number of aryl methyl sites for hydroxylation is 1. The lowest BCUT2D eigenvalue weighted by molar-refractivity contribution is 0.192. The number of anilines is 1. The first-order valence-electron chi connectivity index (χ1n) is 9.56. The maximum atomic E-state index is 12.8. The highest BCUT2D eigenvalue weighted by Gasteiger charge is 2.25. The van der Waals surface area contributed by atoms with Crippen LogP contribution < -0.4 is 5.32 Å². The summed E-state index contributed by atoms with van der Waals surface area (Å²) in [5, 5.41) is 10.2. The van der Waals surface area contributed by atoms with Crippen molar-refractivity contribution in [3.05, 3.63) is 54.4 Å². The summed E-state index contributed by atoms with van der Waals surface area (Å²) in [5.74, 6) is 1.72. The number of aromatic nitrogens is 5. The van der Waals surface area contributed by atoms with Crippen molar-refractivity contribution in [3.63, 3.8) is 0 Å². The Morgan fingerprint density at radius 1 is 1.36 bits per heavy atom. The molecule has 3 aromatic rings. The third-order valence-corrected chi connectivity index (χ3v) is 4.97. The van der Waals surface area contributed by atoms with Crippen molar-refractivity contribution < 1.29 is 4.79 Å². The van der Waals surface area contributed by atoms with Crippen LogP contribution in [0.4, 0.5) is 10.5 Å². The lowest BCUT2D eigenvalue weighted by Gasteiger charge is -2.32. The van der Waals surface area contributed by atoms with Gasteiger partial charge in [0, 0.05) is 48.6 Å². The number of urea groups is 1. The second-order valence-electron chi connectivity index (χ2n) is 6.89. The molecule has 2 aromatic heterocycles. The van der Waals surface area contributed by atoms with E-state index in [1.54, 1.807) is 12.5 Å². The molecule has 0 radical (unpaired) electrons. The van der Waals surface area contributed by atoms with E-state index in [1.807, 2.05) is 42.2 Å². The van der Waals surface area contributed by atoms with Crippen molar-refractivity contribution in [2.75, 3.05) is 18.4 Å². The van der Waals surface area contributed by atoms with E-state index in [4.69, 9.17) is 0 Å². The van der Waals surface area contributed by atoms with E-state index in [0.29, 0.717) is 12.4 Å². The number of H-pyrrole nitrogens is 1. The average Bonchev–Trinajstić information content (AvgIpc) is 3.24. The first-order chi connectivity index (χ1) is 13.7. The first-order valence-corrected chi connectivity index (χ1v) is 9.56. The molecule has 8 heteroatoms. The minimum absolute atomic E-state index is 0.0971. The predicted octanol–water partition coefficient (Wildman–Crippen LogP) is 3.24. The van der Waals surface area contributed by atoms with Gasteiger partial charge in [-0.2, -0.15) is 5.10 Å². The Hall–Kier alpha value is -3.29. The van der Waals surface area contributed by atoms with Crippen LogP contribution >= 0.6 is 0 Å². The number of carbonyl (C=O) groups excluding carboxylic acids is 1. The van der Waals surface area contributed by atoms with Crippen molar-refractivity contribution in [2.24, 2.45) is 0 Å². The van der Waals surface area contributed by atoms with Gasteiger partial charge in [-0.25, -0.2) is 19.7 Å². The topological polar surface area (TPSA) is 99.7 Å². The number of carbonyl (C=O) groups is 1. The van der Waals surface area contributed by atoms with Crippen LogP contribution in [0.1, 0.15) is 37.2 Å². The number of hydrogen-bond acceptors (Lipinski definition) is 5. The zero-order chi connectivity index (χ0) is 19.3. The molecule has 1 atom stereocenters. The second kappa shape index (κ2) is 8.16. The molecule has 144 valence electrons. The molecule has 28 heavy (non-hydrogen) atoms. The van der Waals surface area contributed by atoms with Gasteiger partial charge in [0.15, 0.2) is 5.82 Å². The fraction of sp³-hybridized carbons (Fsp3) is 0.350. The lowest BCUT2D eigenvalue weighted by atomic mass is 9.95. The third-order valence-electron chi connectivity index (χ3n) is 4.97. The van der Waals surface area contributed by atoms with E-state index in [9.17, 15) is 4.79 Å². The Morgan fingerprint density at radius 3 is 3.07 bits per heavy atom. The summed E-state index contributed by atoms with van der Waals surface area (Å²) in [6.07, 6.45) is 6.10. The minimum Gasteiger partial charge on any atom is -0.324 e. The van der Waals surface area contributed by atoms with E-state index in [2.05, 4.69) is 30.5 Å². The molecular formula is C20H23N7O. The highest BCUT2D eigenvalue weighted by atomic mass is 16.2. The normalized spacial score (nSPS) is 16.8. The fourth-order valence-corrected chi connectivity index (χ4v) is 3.47. The number of piperidine rings is 1. The molecule has 1 aliphatic heterocycles. The molecule has 1 saturated heterocycles. The molecule has 3 heterocycles. The lowest BCUT2D eigenvalue weighted by Crippen LogP contribution is -2.41. The minimum atomic E-state index is -0.0971. The molecule has 1 aromatic carbocycles. The van der Waals surface area contributed by atoms with Gasteiger partial charge in [-0.15, -0.1) is 0 Å². The molecule has 1 aliphatic rings. The zero-order valence-electron chi connectivity index (χ0n) is 15.8. The zero-order valence-corrected chi connectivity index (χ0v) is 15.8. The molecule has 4 rings (SSSR count). The summed E-state index contributed by atoms with van der Waals surface area (Å²) in [6.45, 7) is 3.42. The molecule has 8 nitrogen and oxygen atoms in total. The summed E-state index contributed by atoms with van der Waals surface area (Å²) < 4.78 is 0. The van der Waals surface area contributed by atoms with Crippen LogP contribution in [0.5, 0.6) is 0 Å². The third kappa shape index (κ3) is 4.00. The van der Waals surface area contributed by atoms with Gasteiger partial charge in [0.25, 0.3) is 0 Å². The molecule has 0 unspecified atom stereocenters. The summed E-state index contributed by atoms with van der Waals surface area (Å²) in [4.78, 5) is 27.4. The first kappa shape index (κ1) is 18.1. The Bertz CT molecular complexity index is 940. The Labute approximate surface area is 163 Å².